The van der Waals surface area contributed by atoms with Gasteiger partial charge in [-0.05, 0) is 43.2 Å². The van der Waals surface area contributed by atoms with Crippen LogP contribution in [0.3, 0.4) is 0 Å². The number of benzene rings is 2. The van der Waals surface area contributed by atoms with Crippen molar-refractivity contribution in [1.82, 2.24) is 15.6 Å². The molecule has 2 N–H and O–H groups in total. The zero-order chi connectivity index (χ0) is 24.6. The highest BCUT2D eigenvalue weighted by Gasteiger charge is 2.55. The van der Waals surface area contributed by atoms with Gasteiger partial charge in [0, 0.05) is 42.6 Å². The number of alkyl carbamates (subject to hydrolysis) is 1. The molecule has 0 spiro atoms. The Morgan fingerprint density at radius 2 is 1.83 bits per heavy atom. The number of nitrogens with one attached hydrogen (secondary N) is 2. The molecule has 182 valence electrons. The Morgan fingerprint density at radius 1 is 1.09 bits per heavy atom. The van der Waals surface area contributed by atoms with E-state index in [0.717, 1.165) is 24.7 Å². The number of rotatable bonds is 7. The van der Waals surface area contributed by atoms with Crippen LogP contribution in [-0.2, 0) is 16.9 Å². The third-order valence-electron chi connectivity index (χ3n) is 6.63. The summed E-state index contributed by atoms with van der Waals surface area (Å²) in [5.74, 6) is -0.175. The molecular weight excluding hydrogens is 452 g/mol. The van der Waals surface area contributed by atoms with Crippen LogP contribution in [0.2, 0.25) is 0 Å². The number of piperidine rings is 1. The predicted molar refractivity (Wildman–Crippen MR) is 127 cm³/mol. The zero-order valence-corrected chi connectivity index (χ0v) is 19.6. The van der Waals surface area contributed by atoms with Gasteiger partial charge in [-0.25, -0.2) is 18.6 Å². The number of ether oxygens (including phenoxy) is 2. The van der Waals surface area contributed by atoms with E-state index >= 15 is 0 Å². The molecule has 2 fully saturated rings. The van der Waals surface area contributed by atoms with Gasteiger partial charge in [-0.15, -0.1) is 0 Å². The second-order valence-electron chi connectivity index (χ2n) is 9.58. The molecule has 2 atom stereocenters. The largest absolute Gasteiger partial charge is 0.474 e. The Bertz CT molecular complexity index is 1230. The summed E-state index contributed by atoms with van der Waals surface area (Å²) in [4.78, 5) is 17.1. The monoisotopic (exact) mass is 479 g/mol. The van der Waals surface area contributed by atoms with Gasteiger partial charge in [-0.1, -0.05) is 30.3 Å². The lowest BCUT2D eigenvalue weighted by Crippen LogP contribution is -2.41. The highest BCUT2D eigenvalue weighted by molar-refractivity contribution is 5.69. The molecule has 35 heavy (non-hydrogen) atoms. The van der Waals surface area contributed by atoms with Crippen molar-refractivity contribution in [3.8, 4) is 17.1 Å². The summed E-state index contributed by atoms with van der Waals surface area (Å²) >= 11 is 0. The second kappa shape index (κ2) is 9.26. The predicted octanol–water partition coefficient (Wildman–Crippen LogP) is 4.78. The minimum Gasteiger partial charge on any atom is -0.474 e. The normalized spacial score (nSPS) is 20.7. The van der Waals surface area contributed by atoms with Crippen molar-refractivity contribution < 1.29 is 23.0 Å². The van der Waals surface area contributed by atoms with E-state index in [4.69, 9.17) is 9.47 Å². The first-order valence-corrected chi connectivity index (χ1v) is 11.6. The van der Waals surface area contributed by atoms with Gasteiger partial charge in [0.2, 0.25) is 5.88 Å². The van der Waals surface area contributed by atoms with Crippen LogP contribution in [0, 0.1) is 23.5 Å². The Hall–Kier alpha value is -3.52. The van der Waals surface area contributed by atoms with Gasteiger partial charge < -0.3 is 20.1 Å². The number of fused-ring (bicyclic) bond motifs is 1. The molecule has 8 heteroatoms. The summed E-state index contributed by atoms with van der Waals surface area (Å²) < 4.78 is 39.7. The van der Waals surface area contributed by atoms with Crippen LogP contribution in [0.25, 0.3) is 11.3 Å². The third-order valence-corrected chi connectivity index (χ3v) is 6.63. The van der Waals surface area contributed by atoms with E-state index in [1.807, 2.05) is 44.2 Å². The number of pyridine rings is 1. The Kier molecular flexibility index (Phi) is 6.15. The maximum atomic E-state index is 14.6. The van der Waals surface area contributed by atoms with Gasteiger partial charge in [0.05, 0.1) is 11.2 Å². The lowest BCUT2D eigenvalue weighted by atomic mass is 9.93. The Labute approximate surface area is 202 Å². The van der Waals surface area contributed by atoms with Crippen LogP contribution in [0.1, 0.15) is 25.0 Å². The molecule has 1 saturated heterocycles. The van der Waals surface area contributed by atoms with Crippen LogP contribution in [0.4, 0.5) is 13.6 Å². The molecule has 1 aromatic heterocycles. The molecule has 1 amide bonds. The average molecular weight is 480 g/mol. The molecule has 1 aliphatic carbocycles. The summed E-state index contributed by atoms with van der Waals surface area (Å²) in [5.41, 5.74) is 1.09. The molecule has 2 aliphatic rings. The smallest absolute Gasteiger partial charge is 0.408 e. The van der Waals surface area contributed by atoms with E-state index in [0.29, 0.717) is 29.0 Å². The molecular formula is C27H27F2N3O3. The highest BCUT2D eigenvalue weighted by Crippen LogP contribution is 2.45. The van der Waals surface area contributed by atoms with Crippen LogP contribution in [0.5, 0.6) is 5.88 Å². The van der Waals surface area contributed by atoms with Gasteiger partial charge in [0.15, 0.2) is 0 Å². The molecule has 0 radical (unpaired) electrons. The van der Waals surface area contributed by atoms with Gasteiger partial charge in [0.1, 0.15) is 24.3 Å². The number of aromatic nitrogens is 1. The zero-order valence-electron chi connectivity index (χ0n) is 19.6. The Morgan fingerprint density at radius 3 is 2.54 bits per heavy atom. The summed E-state index contributed by atoms with van der Waals surface area (Å²) in [7, 11) is 0. The summed E-state index contributed by atoms with van der Waals surface area (Å²) in [6, 6.07) is 16.2. The van der Waals surface area contributed by atoms with Crippen molar-refractivity contribution in [2.75, 3.05) is 13.1 Å². The number of halogens is 2. The van der Waals surface area contributed by atoms with E-state index < -0.39 is 23.3 Å². The molecule has 6 nitrogen and oxygen atoms in total. The van der Waals surface area contributed by atoms with Crippen LogP contribution in [-0.4, -0.2) is 30.3 Å². The molecule has 1 saturated carbocycles. The Balaban J connectivity index is 1.39. The maximum absolute atomic E-state index is 14.6. The van der Waals surface area contributed by atoms with Crippen LogP contribution >= 0.6 is 0 Å². The summed E-state index contributed by atoms with van der Waals surface area (Å²) in [6.45, 7) is 5.56. The van der Waals surface area contributed by atoms with E-state index in [-0.39, 0.29) is 18.3 Å². The van der Waals surface area contributed by atoms with Gasteiger partial charge >= 0.3 is 6.09 Å². The van der Waals surface area contributed by atoms with E-state index in [2.05, 4.69) is 15.6 Å². The van der Waals surface area contributed by atoms with Gasteiger partial charge in [-0.3, -0.25) is 0 Å². The van der Waals surface area contributed by atoms with Crippen LogP contribution in [0.15, 0.2) is 60.7 Å². The lowest BCUT2D eigenvalue weighted by molar-refractivity contribution is 0.129. The SMILES string of the molecule is CC(C)(NC(=O)OCc1ccccc1)c1cc(OC2C3CNCC32)nc(-c2ccc(F)cc2F)c1. The summed E-state index contributed by atoms with van der Waals surface area (Å²) in [6.07, 6.45) is -0.535. The highest BCUT2D eigenvalue weighted by atomic mass is 19.1. The topological polar surface area (TPSA) is 72.5 Å². The third kappa shape index (κ3) is 5.12. The first kappa shape index (κ1) is 23.2. The molecule has 0 bridgehead atoms. The van der Waals surface area contributed by atoms with E-state index in [1.54, 1.807) is 12.1 Å². The van der Waals surface area contributed by atoms with Crippen molar-refractivity contribution in [3.63, 3.8) is 0 Å². The van der Waals surface area contributed by atoms with Crippen molar-refractivity contribution in [1.29, 1.82) is 0 Å². The quantitative estimate of drug-likeness (QED) is 0.510. The average Bonchev–Trinajstić information content (AvgIpc) is 3.23. The molecule has 2 unspecified atom stereocenters. The van der Waals surface area contributed by atoms with Crippen molar-refractivity contribution in [2.24, 2.45) is 11.8 Å². The molecule has 5 rings (SSSR count). The van der Waals surface area contributed by atoms with Crippen molar-refractivity contribution in [2.45, 2.75) is 32.1 Å². The maximum Gasteiger partial charge on any atom is 0.408 e. The number of amides is 1. The van der Waals surface area contributed by atoms with E-state index in [9.17, 15) is 13.6 Å². The molecule has 2 heterocycles. The minimum atomic E-state index is -0.888. The van der Waals surface area contributed by atoms with Crippen molar-refractivity contribution >= 4 is 6.09 Å². The molecule has 3 aromatic rings. The lowest BCUT2D eigenvalue weighted by Gasteiger charge is -2.27. The first-order valence-electron chi connectivity index (χ1n) is 11.6. The second-order valence-corrected chi connectivity index (χ2v) is 9.58. The fraction of sp³-hybridized carbons (Fsp3) is 0.333. The summed E-state index contributed by atoms with van der Waals surface area (Å²) in [5, 5.41) is 6.19. The fourth-order valence-electron chi connectivity index (χ4n) is 4.52. The van der Waals surface area contributed by atoms with Gasteiger partial charge in [-0.2, -0.15) is 0 Å². The van der Waals surface area contributed by atoms with Gasteiger partial charge in [0.25, 0.3) is 0 Å². The molecule has 2 aromatic carbocycles. The minimum absolute atomic E-state index is 0.0526. The van der Waals surface area contributed by atoms with Crippen molar-refractivity contribution in [3.05, 3.63) is 83.4 Å². The number of hydrogen-bond donors (Lipinski definition) is 2. The molecule has 1 aliphatic heterocycles. The first-order chi connectivity index (χ1) is 16.8. The van der Waals surface area contributed by atoms with Crippen LogP contribution < -0.4 is 15.4 Å². The fourth-order valence-corrected chi connectivity index (χ4v) is 4.52. The number of nitrogens with zero attached hydrogens (tertiary/aromatic N) is 1. The number of hydrogen-bond acceptors (Lipinski definition) is 5. The number of carbonyl (C=O) groups is 1. The standard InChI is InChI=1S/C27H27F2N3O3/c1-27(2,32-26(33)34-15-16-6-4-3-5-7-16)17-10-23(19-9-8-18(28)12-22(19)29)31-24(11-17)35-25-20-13-30-14-21(20)25/h3-12,20-21,25,30H,13-15H2,1-2H3,(H,32,33). The number of carbonyl (C=O) groups excluding carboxylic acids is 1. The van der Waals surface area contributed by atoms with E-state index in [1.165, 1.54) is 12.1 Å².